The molecule has 1 N–H and O–H groups in total. The lowest BCUT2D eigenvalue weighted by Gasteiger charge is -2.09. The number of hydrogen-bond donors (Lipinski definition) is 1. The molecule has 0 atom stereocenters. The van der Waals surface area contributed by atoms with Gasteiger partial charge in [-0.05, 0) is 41.8 Å². The number of aromatic nitrogens is 2. The van der Waals surface area contributed by atoms with Crippen LogP contribution in [0, 0.1) is 0 Å². The number of nitrogens with one attached hydrogen (secondary N) is 1. The monoisotopic (exact) mass is 403 g/mol. The molecule has 0 saturated carbocycles. The number of methoxy groups -OCH3 is 1. The molecule has 0 unspecified atom stereocenters. The topological polar surface area (TPSA) is 90.3 Å². The third-order valence-electron chi connectivity index (χ3n) is 5.06. The van der Waals surface area contributed by atoms with Gasteiger partial charge in [-0.2, -0.15) is 0 Å². The summed E-state index contributed by atoms with van der Waals surface area (Å²) >= 11 is 0. The summed E-state index contributed by atoms with van der Waals surface area (Å²) in [5.41, 5.74) is 3.03. The maximum atomic E-state index is 12.9. The highest BCUT2D eigenvalue weighted by Crippen LogP contribution is 2.28. The highest BCUT2D eigenvalue weighted by atomic mass is 16.5. The molecule has 30 heavy (non-hydrogen) atoms. The minimum absolute atomic E-state index is 0.0106. The first-order valence-electron chi connectivity index (χ1n) is 9.72. The van der Waals surface area contributed by atoms with Gasteiger partial charge in [-0.15, -0.1) is 0 Å². The fourth-order valence-corrected chi connectivity index (χ4v) is 3.52. The number of benzene rings is 2. The Morgan fingerprint density at radius 2 is 1.97 bits per heavy atom. The van der Waals surface area contributed by atoms with Crippen LogP contribution in [0.5, 0.6) is 0 Å². The standard InChI is InChI=1S/C23H21N3O4/c1-30-21(28)10-9-20(27)24-17-7-8-18-19(14-17)25-22-16(11-12-26(22)23(18)29)13-15-5-3-2-4-6-15/h2-8,13-14H,9-12H2,1H3,(H,24,27)/b16-13+. The zero-order valence-corrected chi connectivity index (χ0v) is 16.6. The summed E-state index contributed by atoms with van der Waals surface area (Å²) in [6.07, 6.45) is 2.83. The molecule has 1 amide bonds. The minimum atomic E-state index is -0.438. The number of anilines is 1. The number of amides is 1. The Morgan fingerprint density at radius 1 is 1.17 bits per heavy atom. The number of rotatable bonds is 5. The third kappa shape index (κ3) is 4.00. The molecular formula is C23H21N3O4. The average Bonchev–Trinajstić information content (AvgIpc) is 3.15. The third-order valence-corrected chi connectivity index (χ3v) is 5.06. The van der Waals surface area contributed by atoms with Gasteiger partial charge in [-0.3, -0.25) is 19.0 Å². The Balaban J connectivity index is 1.64. The molecule has 0 fully saturated rings. The van der Waals surface area contributed by atoms with Gasteiger partial charge in [0.15, 0.2) is 0 Å². The van der Waals surface area contributed by atoms with Crippen molar-refractivity contribution in [3.63, 3.8) is 0 Å². The molecule has 7 nitrogen and oxygen atoms in total. The van der Waals surface area contributed by atoms with Crippen LogP contribution in [-0.4, -0.2) is 28.5 Å². The van der Waals surface area contributed by atoms with Gasteiger partial charge < -0.3 is 10.1 Å². The van der Waals surface area contributed by atoms with Gasteiger partial charge >= 0.3 is 5.97 Å². The normalized spacial score (nSPS) is 14.0. The van der Waals surface area contributed by atoms with Gasteiger partial charge in [-0.1, -0.05) is 30.3 Å². The molecule has 7 heteroatoms. The van der Waals surface area contributed by atoms with Crippen molar-refractivity contribution in [2.45, 2.75) is 25.8 Å². The first-order chi connectivity index (χ1) is 14.5. The Hall–Kier alpha value is -3.74. The molecule has 0 aliphatic carbocycles. The molecule has 0 bridgehead atoms. The summed E-state index contributed by atoms with van der Waals surface area (Å²) in [4.78, 5) is 40.9. The van der Waals surface area contributed by atoms with E-state index in [4.69, 9.17) is 4.98 Å². The summed E-state index contributed by atoms with van der Waals surface area (Å²) in [6.45, 7) is 0.599. The molecule has 152 valence electrons. The summed E-state index contributed by atoms with van der Waals surface area (Å²) in [6, 6.07) is 15.0. The van der Waals surface area contributed by atoms with E-state index in [1.807, 2.05) is 30.3 Å². The smallest absolute Gasteiger partial charge is 0.306 e. The molecule has 3 aromatic rings. The summed E-state index contributed by atoms with van der Waals surface area (Å²) in [5.74, 6) is -0.0838. The number of fused-ring (bicyclic) bond motifs is 2. The molecule has 0 radical (unpaired) electrons. The Kier molecular flexibility index (Phi) is 5.43. The maximum Gasteiger partial charge on any atom is 0.306 e. The Morgan fingerprint density at radius 3 is 2.73 bits per heavy atom. The van der Waals surface area contributed by atoms with E-state index < -0.39 is 5.97 Å². The van der Waals surface area contributed by atoms with Crippen molar-refractivity contribution in [3.05, 3.63) is 70.3 Å². The number of carbonyl (C=O) groups excluding carboxylic acids is 2. The first-order valence-corrected chi connectivity index (χ1v) is 9.72. The second-order valence-corrected chi connectivity index (χ2v) is 7.08. The van der Waals surface area contributed by atoms with Crippen molar-refractivity contribution < 1.29 is 14.3 Å². The van der Waals surface area contributed by atoms with E-state index in [0.717, 1.165) is 17.6 Å². The molecule has 1 aliphatic rings. The maximum absolute atomic E-state index is 12.9. The predicted octanol–water partition coefficient (Wildman–Crippen LogP) is 3.23. The Bertz CT molecular complexity index is 1210. The fraction of sp³-hybridized carbons (Fsp3) is 0.217. The Labute approximate surface area is 173 Å². The molecule has 4 rings (SSSR count). The van der Waals surface area contributed by atoms with Crippen LogP contribution < -0.4 is 10.9 Å². The van der Waals surface area contributed by atoms with Crippen molar-refractivity contribution in [2.24, 2.45) is 0 Å². The number of esters is 1. The quantitative estimate of drug-likeness (QED) is 0.661. The van der Waals surface area contributed by atoms with Crippen molar-refractivity contribution >= 4 is 40.1 Å². The van der Waals surface area contributed by atoms with Crippen molar-refractivity contribution in [1.29, 1.82) is 0 Å². The number of allylic oxidation sites excluding steroid dienone is 1. The molecule has 0 spiro atoms. The average molecular weight is 403 g/mol. The number of ether oxygens (including phenoxy) is 1. The van der Waals surface area contributed by atoms with Gasteiger partial charge in [0.25, 0.3) is 5.56 Å². The summed E-state index contributed by atoms with van der Waals surface area (Å²) < 4.78 is 6.25. The van der Waals surface area contributed by atoms with E-state index in [1.54, 1.807) is 22.8 Å². The van der Waals surface area contributed by atoms with Crippen LogP contribution in [0.4, 0.5) is 5.69 Å². The molecule has 1 aromatic heterocycles. The van der Waals surface area contributed by atoms with Gasteiger partial charge in [0, 0.05) is 18.7 Å². The van der Waals surface area contributed by atoms with Gasteiger partial charge in [0.2, 0.25) is 5.91 Å². The van der Waals surface area contributed by atoms with E-state index in [0.29, 0.717) is 29.0 Å². The zero-order chi connectivity index (χ0) is 21.1. The van der Waals surface area contributed by atoms with E-state index in [-0.39, 0.29) is 24.3 Å². The van der Waals surface area contributed by atoms with E-state index >= 15 is 0 Å². The highest BCUT2D eigenvalue weighted by molar-refractivity contribution is 5.95. The SMILES string of the molecule is COC(=O)CCC(=O)Nc1ccc2c(=O)n3c(nc2c1)/C(=C/c1ccccc1)CC3. The molecule has 0 saturated heterocycles. The molecular weight excluding hydrogens is 382 g/mol. The zero-order valence-electron chi connectivity index (χ0n) is 16.6. The van der Waals surface area contributed by atoms with Crippen molar-refractivity contribution in [1.82, 2.24) is 9.55 Å². The van der Waals surface area contributed by atoms with Crippen LogP contribution in [0.1, 0.15) is 30.7 Å². The molecule has 2 heterocycles. The van der Waals surface area contributed by atoms with E-state index in [9.17, 15) is 14.4 Å². The largest absolute Gasteiger partial charge is 0.469 e. The predicted molar refractivity (Wildman–Crippen MR) is 115 cm³/mol. The number of hydrogen-bond acceptors (Lipinski definition) is 5. The van der Waals surface area contributed by atoms with E-state index in [1.165, 1.54) is 7.11 Å². The van der Waals surface area contributed by atoms with Crippen LogP contribution in [-0.2, 0) is 20.9 Å². The minimum Gasteiger partial charge on any atom is -0.469 e. The lowest BCUT2D eigenvalue weighted by molar-refractivity contribution is -0.141. The van der Waals surface area contributed by atoms with Gasteiger partial charge in [0.1, 0.15) is 5.82 Å². The van der Waals surface area contributed by atoms with Crippen LogP contribution in [0.15, 0.2) is 53.3 Å². The van der Waals surface area contributed by atoms with Crippen molar-refractivity contribution in [3.8, 4) is 0 Å². The lowest BCUT2D eigenvalue weighted by atomic mass is 10.1. The van der Waals surface area contributed by atoms with Crippen LogP contribution in [0.3, 0.4) is 0 Å². The van der Waals surface area contributed by atoms with E-state index in [2.05, 4.69) is 16.1 Å². The first kappa shape index (κ1) is 19.6. The van der Waals surface area contributed by atoms with Crippen LogP contribution in [0.25, 0.3) is 22.6 Å². The lowest BCUT2D eigenvalue weighted by Crippen LogP contribution is -2.21. The van der Waals surface area contributed by atoms with Gasteiger partial charge in [-0.25, -0.2) is 4.98 Å². The molecule has 1 aliphatic heterocycles. The summed E-state index contributed by atoms with van der Waals surface area (Å²) in [7, 11) is 1.28. The van der Waals surface area contributed by atoms with Crippen LogP contribution in [0.2, 0.25) is 0 Å². The fourth-order valence-electron chi connectivity index (χ4n) is 3.52. The van der Waals surface area contributed by atoms with Crippen molar-refractivity contribution in [2.75, 3.05) is 12.4 Å². The van der Waals surface area contributed by atoms with Gasteiger partial charge in [0.05, 0.1) is 24.4 Å². The number of nitrogens with zero attached hydrogens (tertiary/aromatic N) is 2. The van der Waals surface area contributed by atoms with Crippen LogP contribution >= 0.6 is 0 Å². The highest BCUT2D eigenvalue weighted by Gasteiger charge is 2.21. The molecule has 2 aromatic carbocycles. The number of carbonyl (C=O) groups is 2. The second-order valence-electron chi connectivity index (χ2n) is 7.08. The second kappa shape index (κ2) is 8.32. The summed E-state index contributed by atoms with van der Waals surface area (Å²) in [5, 5.41) is 3.25.